The normalized spacial score (nSPS) is 44.0. The van der Waals surface area contributed by atoms with Gasteiger partial charge in [-0.3, -0.25) is 0 Å². The van der Waals surface area contributed by atoms with Gasteiger partial charge in [0.05, 0.1) is 0 Å². The zero-order valence-corrected chi connectivity index (χ0v) is 8.02. The fraction of sp³-hybridized carbons (Fsp3) is 1.00. The van der Waals surface area contributed by atoms with Gasteiger partial charge in [0.2, 0.25) is 0 Å². The van der Waals surface area contributed by atoms with E-state index in [1.54, 1.807) is 51.4 Å². The molecule has 3 rings (SSSR count). The molecule has 0 radical (unpaired) electrons. The maximum absolute atomic E-state index is 1.62. The minimum atomic E-state index is 0.894. The predicted molar refractivity (Wildman–Crippen MR) is 51.0 cm³/mol. The summed E-state index contributed by atoms with van der Waals surface area (Å²) in [6.45, 7) is 0. The summed E-state index contributed by atoms with van der Waals surface area (Å²) in [6, 6.07) is 0. The largest absolute Gasteiger partial charge is 0.0528 e. The molecule has 0 nitrogen and oxygen atoms in total. The minimum absolute atomic E-state index is 0.894. The van der Waals surface area contributed by atoms with E-state index in [2.05, 4.69) is 0 Å². The molecule has 0 N–H and O–H groups in total. The summed E-state index contributed by atoms with van der Waals surface area (Å²) in [6.07, 6.45) is 14.2. The smallest absolute Gasteiger partial charge is 0.0295 e. The van der Waals surface area contributed by atoms with Crippen molar-refractivity contribution in [2.24, 2.45) is 17.3 Å². The minimum Gasteiger partial charge on any atom is -0.0528 e. The van der Waals surface area contributed by atoms with Crippen LogP contribution in [0.3, 0.4) is 0 Å². The fourth-order valence-corrected chi connectivity index (χ4v) is 4.04. The molecule has 0 aliphatic heterocycles. The third kappa shape index (κ3) is 0.963. The van der Waals surface area contributed by atoms with Crippen molar-refractivity contribution < 1.29 is 0 Å². The first-order valence-corrected chi connectivity index (χ1v) is 5.88. The van der Waals surface area contributed by atoms with Gasteiger partial charge in [0.15, 0.2) is 0 Å². The van der Waals surface area contributed by atoms with Crippen LogP contribution in [0.25, 0.3) is 0 Å². The molecule has 3 fully saturated rings. The number of hydrogen-bond acceptors (Lipinski definition) is 0. The van der Waals surface area contributed by atoms with E-state index < -0.39 is 0 Å². The lowest BCUT2D eigenvalue weighted by molar-refractivity contribution is 0.0268. The summed E-state index contributed by atoms with van der Waals surface area (Å²) < 4.78 is 0. The van der Waals surface area contributed by atoms with Crippen LogP contribution >= 0.6 is 0 Å². The van der Waals surface area contributed by atoms with Gasteiger partial charge in [-0.15, -0.1) is 0 Å². The van der Waals surface area contributed by atoms with Crippen LogP contribution < -0.4 is 0 Å². The summed E-state index contributed by atoms with van der Waals surface area (Å²) in [5, 5.41) is 0. The topological polar surface area (TPSA) is 0 Å². The lowest BCUT2D eigenvalue weighted by Crippen LogP contribution is -2.37. The molecule has 3 saturated carbocycles. The Kier molecular flexibility index (Phi) is 1.54. The van der Waals surface area contributed by atoms with Crippen LogP contribution in [-0.4, -0.2) is 0 Å². The van der Waals surface area contributed by atoms with Crippen molar-refractivity contribution in [1.29, 1.82) is 0 Å². The molecule has 0 aromatic heterocycles. The summed E-state index contributed by atoms with van der Waals surface area (Å²) in [4.78, 5) is 0. The average molecular weight is 164 g/mol. The summed E-state index contributed by atoms with van der Waals surface area (Å²) >= 11 is 0. The van der Waals surface area contributed by atoms with E-state index in [1.165, 1.54) is 12.3 Å². The lowest BCUT2D eigenvalue weighted by Gasteiger charge is -2.49. The maximum atomic E-state index is 1.62. The second-order valence-electron chi connectivity index (χ2n) is 5.55. The Morgan fingerprint density at radius 2 is 1.58 bits per heavy atom. The lowest BCUT2D eigenvalue weighted by atomic mass is 9.57. The van der Waals surface area contributed by atoms with Crippen molar-refractivity contribution in [3.8, 4) is 0 Å². The van der Waals surface area contributed by atoms with Crippen molar-refractivity contribution in [3.05, 3.63) is 0 Å². The molecule has 3 aliphatic carbocycles. The van der Waals surface area contributed by atoms with Crippen molar-refractivity contribution in [2.45, 2.75) is 57.8 Å². The molecular formula is C12H20. The molecule has 0 aromatic carbocycles. The second kappa shape index (κ2) is 2.49. The Labute approximate surface area is 75.7 Å². The van der Waals surface area contributed by atoms with Gasteiger partial charge in [0, 0.05) is 0 Å². The third-order valence-electron chi connectivity index (χ3n) is 4.97. The van der Waals surface area contributed by atoms with Crippen LogP contribution in [0.5, 0.6) is 0 Å². The Balaban J connectivity index is 1.72. The first kappa shape index (κ1) is 7.41. The van der Waals surface area contributed by atoms with Crippen molar-refractivity contribution in [2.75, 3.05) is 0 Å². The van der Waals surface area contributed by atoms with Crippen molar-refractivity contribution >= 4 is 0 Å². The fourth-order valence-electron chi connectivity index (χ4n) is 4.04. The Morgan fingerprint density at radius 3 is 2.33 bits per heavy atom. The Hall–Kier alpha value is 0. The standard InChI is InChI=1S/C12H20/c1-3-10-5-8-12(6-2-7-12)9-11(10)4-1/h10-11H,1-9H2. The van der Waals surface area contributed by atoms with E-state index in [4.69, 9.17) is 0 Å². The predicted octanol–water partition coefficient (Wildman–Crippen LogP) is 3.76. The van der Waals surface area contributed by atoms with E-state index in [9.17, 15) is 0 Å². The highest BCUT2D eigenvalue weighted by Crippen LogP contribution is 2.57. The van der Waals surface area contributed by atoms with Crippen molar-refractivity contribution in [3.63, 3.8) is 0 Å². The van der Waals surface area contributed by atoms with E-state index in [0.29, 0.717) is 0 Å². The van der Waals surface area contributed by atoms with Gasteiger partial charge in [-0.05, 0) is 49.4 Å². The highest BCUT2D eigenvalue weighted by Gasteiger charge is 2.45. The molecule has 0 bridgehead atoms. The second-order valence-corrected chi connectivity index (χ2v) is 5.55. The van der Waals surface area contributed by atoms with Gasteiger partial charge < -0.3 is 0 Å². The first-order chi connectivity index (χ1) is 5.88. The molecule has 0 heteroatoms. The van der Waals surface area contributed by atoms with Crippen molar-refractivity contribution in [1.82, 2.24) is 0 Å². The Bertz CT molecular complexity index is 178. The number of fused-ring (bicyclic) bond motifs is 1. The molecule has 3 aliphatic rings. The molecular weight excluding hydrogens is 144 g/mol. The highest BCUT2D eigenvalue weighted by atomic mass is 14.5. The third-order valence-corrected chi connectivity index (χ3v) is 4.97. The molecule has 1 spiro atoms. The van der Waals surface area contributed by atoms with Gasteiger partial charge in [0.1, 0.15) is 0 Å². The van der Waals surface area contributed by atoms with Gasteiger partial charge >= 0.3 is 0 Å². The zero-order valence-electron chi connectivity index (χ0n) is 8.02. The van der Waals surface area contributed by atoms with E-state index in [0.717, 1.165) is 11.3 Å². The van der Waals surface area contributed by atoms with Crippen LogP contribution in [0.15, 0.2) is 0 Å². The number of hydrogen-bond donors (Lipinski definition) is 0. The maximum Gasteiger partial charge on any atom is -0.0295 e. The van der Waals surface area contributed by atoms with Gasteiger partial charge in [-0.1, -0.05) is 25.7 Å². The van der Waals surface area contributed by atoms with Crippen LogP contribution in [0.4, 0.5) is 0 Å². The van der Waals surface area contributed by atoms with E-state index in [1.807, 2.05) is 0 Å². The number of rotatable bonds is 0. The molecule has 0 heterocycles. The Morgan fingerprint density at radius 1 is 0.750 bits per heavy atom. The molecule has 0 amide bonds. The van der Waals surface area contributed by atoms with Gasteiger partial charge in [-0.25, -0.2) is 0 Å². The molecule has 0 saturated heterocycles. The zero-order chi connectivity index (χ0) is 8.02. The van der Waals surface area contributed by atoms with Gasteiger partial charge in [0.25, 0.3) is 0 Å². The molecule has 0 aromatic rings. The summed E-state index contributed by atoms with van der Waals surface area (Å²) in [5.74, 6) is 2.33. The summed E-state index contributed by atoms with van der Waals surface area (Å²) in [5.41, 5.74) is 0.894. The quantitative estimate of drug-likeness (QED) is 0.511. The van der Waals surface area contributed by atoms with E-state index in [-0.39, 0.29) is 0 Å². The molecule has 12 heavy (non-hydrogen) atoms. The highest BCUT2D eigenvalue weighted by molar-refractivity contribution is 4.96. The monoisotopic (exact) mass is 164 g/mol. The van der Waals surface area contributed by atoms with Gasteiger partial charge in [-0.2, -0.15) is 0 Å². The SMILES string of the molecule is C1CC2CCC3(CCC3)CC2C1. The molecule has 68 valence electrons. The molecule has 2 atom stereocenters. The average Bonchev–Trinajstić information content (AvgIpc) is 2.46. The molecule has 2 unspecified atom stereocenters. The van der Waals surface area contributed by atoms with Crippen LogP contribution in [0, 0.1) is 17.3 Å². The van der Waals surface area contributed by atoms with E-state index >= 15 is 0 Å². The first-order valence-electron chi connectivity index (χ1n) is 5.88. The van der Waals surface area contributed by atoms with Crippen LogP contribution in [-0.2, 0) is 0 Å². The van der Waals surface area contributed by atoms with Crippen LogP contribution in [0.2, 0.25) is 0 Å². The summed E-state index contributed by atoms with van der Waals surface area (Å²) in [7, 11) is 0. The van der Waals surface area contributed by atoms with Crippen LogP contribution in [0.1, 0.15) is 57.8 Å².